The van der Waals surface area contributed by atoms with Crippen LogP contribution in [-0.2, 0) is 11.3 Å². The molecule has 1 aromatic carbocycles. The van der Waals surface area contributed by atoms with Gasteiger partial charge in [-0.05, 0) is 43.3 Å². The Morgan fingerprint density at radius 1 is 1.30 bits per heavy atom. The van der Waals surface area contributed by atoms with E-state index in [1.54, 1.807) is 35.6 Å². The van der Waals surface area contributed by atoms with Crippen LogP contribution < -0.4 is 10.1 Å². The molecule has 2 rings (SSSR count). The standard InChI is InChI=1S/C15H14N2O2S/c1-11-2-7-14(20-11)9-17-15(18)10-19-13-5-3-12(8-16)4-6-13/h2-7H,9-10H2,1H3,(H,17,18). The van der Waals surface area contributed by atoms with Gasteiger partial charge < -0.3 is 10.1 Å². The van der Waals surface area contributed by atoms with E-state index in [0.29, 0.717) is 17.9 Å². The summed E-state index contributed by atoms with van der Waals surface area (Å²) in [5, 5.41) is 11.5. The summed E-state index contributed by atoms with van der Waals surface area (Å²) in [6.45, 7) is 2.52. The summed E-state index contributed by atoms with van der Waals surface area (Å²) in [5.74, 6) is 0.409. The first-order valence-corrected chi connectivity index (χ1v) is 6.94. The zero-order valence-corrected chi connectivity index (χ0v) is 11.9. The zero-order chi connectivity index (χ0) is 14.4. The van der Waals surface area contributed by atoms with E-state index < -0.39 is 0 Å². The van der Waals surface area contributed by atoms with E-state index in [2.05, 4.69) is 5.32 Å². The molecule has 1 N–H and O–H groups in total. The first-order chi connectivity index (χ1) is 9.67. The van der Waals surface area contributed by atoms with Gasteiger partial charge >= 0.3 is 0 Å². The van der Waals surface area contributed by atoms with Crippen molar-refractivity contribution in [2.75, 3.05) is 6.61 Å². The maximum absolute atomic E-state index is 11.6. The van der Waals surface area contributed by atoms with Gasteiger partial charge in [-0.2, -0.15) is 5.26 Å². The molecular weight excluding hydrogens is 272 g/mol. The molecule has 0 bridgehead atoms. The summed E-state index contributed by atoms with van der Waals surface area (Å²) >= 11 is 1.66. The summed E-state index contributed by atoms with van der Waals surface area (Å²) < 4.78 is 5.34. The lowest BCUT2D eigenvalue weighted by molar-refractivity contribution is -0.123. The SMILES string of the molecule is Cc1ccc(CNC(=O)COc2ccc(C#N)cc2)s1. The number of hydrogen-bond donors (Lipinski definition) is 1. The maximum Gasteiger partial charge on any atom is 0.258 e. The third kappa shape index (κ3) is 4.11. The Balaban J connectivity index is 1.75. The Morgan fingerprint density at radius 3 is 2.65 bits per heavy atom. The van der Waals surface area contributed by atoms with Crippen LogP contribution in [0.4, 0.5) is 0 Å². The van der Waals surface area contributed by atoms with Crippen LogP contribution in [0.15, 0.2) is 36.4 Å². The Labute approximate surface area is 121 Å². The molecule has 0 spiro atoms. The van der Waals surface area contributed by atoms with E-state index in [4.69, 9.17) is 10.00 Å². The summed E-state index contributed by atoms with van der Waals surface area (Å²) in [4.78, 5) is 14.0. The van der Waals surface area contributed by atoms with Crippen LogP contribution in [0.1, 0.15) is 15.3 Å². The number of ether oxygens (including phenoxy) is 1. The number of benzene rings is 1. The van der Waals surface area contributed by atoms with Crippen LogP contribution in [0.25, 0.3) is 0 Å². The number of hydrogen-bond acceptors (Lipinski definition) is 4. The fourth-order valence-electron chi connectivity index (χ4n) is 1.59. The van der Waals surface area contributed by atoms with E-state index in [0.717, 1.165) is 4.88 Å². The molecule has 0 atom stereocenters. The first-order valence-electron chi connectivity index (χ1n) is 6.12. The molecule has 0 saturated carbocycles. The minimum atomic E-state index is -0.166. The second kappa shape index (κ2) is 6.73. The van der Waals surface area contributed by atoms with Crippen molar-refractivity contribution in [2.24, 2.45) is 0 Å². The van der Waals surface area contributed by atoms with E-state index in [1.807, 2.05) is 25.1 Å². The largest absolute Gasteiger partial charge is 0.484 e. The summed E-state index contributed by atoms with van der Waals surface area (Å²) in [6, 6.07) is 12.7. The highest BCUT2D eigenvalue weighted by Gasteiger charge is 2.04. The van der Waals surface area contributed by atoms with Gasteiger partial charge in [-0.15, -0.1) is 11.3 Å². The molecule has 2 aromatic rings. The lowest BCUT2D eigenvalue weighted by Crippen LogP contribution is -2.28. The molecule has 0 aliphatic heterocycles. The van der Waals surface area contributed by atoms with Crippen LogP contribution in [-0.4, -0.2) is 12.5 Å². The van der Waals surface area contributed by atoms with Crippen molar-refractivity contribution in [2.45, 2.75) is 13.5 Å². The smallest absolute Gasteiger partial charge is 0.258 e. The third-order valence-electron chi connectivity index (χ3n) is 2.61. The highest BCUT2D eigenvalue weighted by molar-refractivity contribution is 7.11. The molecule has 4 nitrogen and oxygen atoms in total. The summed E-state index contributed by atoms with van der Waals surface area (Å²) in [6.07, 6.45) is 0. The average Bonchev–Trinajstić information content (AvgIpc) is 2.89. The van der Waals surface area contributed by atoms with Crippen molar-refractivity contribution in [3.63, 3.8) is 0 Å². The number of carbonyl (C=O) groups excluding carboxylic acids is 1. The molecule has 5 heteroatoms. The monoisotopic (exact) mass is 286 g/mol. The quantitative estimate of drug-likeness (QED) is 0.919. The van der Waals surface area contributed by atoms with Gasteiger partial charge in [-0.25, -0.2) is 0 Å². The molecule has 0 aliphatic carbocycles. The van der Waals surface area contributed by atoms with Crippen LogP contribution in [0.5, 0.6) is 5.75 Å². The van der Waals surface area contributed by atoms with Crippen LogP contribution >= 0.6 is 11.3 Å². The second-order valence-electron chi connectivity index (χ2n) is 4.21. The molecule has 0 unspecified atom stereocenters. The molecular formula is C15H14N2O2S. The zero-order valence-electron chi connectivity index (χ0n) is 11.1. The number of nitriles is 1. The van der Waals surface area contributed by atoms with Gasteiger partial charge in [0.25, 0.3) is 5.91 Å². The summed E-state index contributed by atoms with van der Waals surface area (Å²) in [7, 11) is 0. The lowest BCUT2D eigenvalue weighted by Gasteiger charge is -2.06. The number of aryl methyl sites for hydroxylation is 1. The molecule has 1 amide bonds. The van der Waals surface area contributed by atoms with E-state index in [9.17, 15) is 4.79 Å². The predicted molar refractivity (Wildman–Crippen MR) is 77.6 cm³/mol. The van der Waals surface area contributed by atoms with Crippen molar-refractivity contribution in [3.05, 3.63) is 51.7 Å². The number of nitrogens with zero attached hydrogens (tertiary/aromatic N) is 1. The fraction of sp³-hybridized carbons (Fsp3) is 0.200. The molecule has 102 valence electrons. The minimum Gasteiger partial charge on any atom is -0.484 e. The molecule has 0 saturated heterocycles. The first kappa shape index (κ1) is 14.1. The van der Waals surface area contributed by atoms with Gasteiger partial charge in [0, 0.05) is 9.75 Å². The van der Waals surface area contributed by atoms with Gasteiger partial charge in [0.15, 0.2) is 6.61 Å². The average molecular weight is 286 g/mol. The summed E-state index contributed by atoms with van der Waals surface area (Å²) in [5.41, 5.74) is 0.565. The van der Waals surface area contributed by atoms with E-state index in [-0.39, 0.29) is 12.5 Å². The Kier molecular flexibility index (Phi) is 4.75. The van der Waals surface area contributed by atoms with Crippen LogP contribution in [0.3, 0.4) is 0 Å². The molecule has 0 aliphatic rings. The number of carbonyl (C=O) groups is 1. The van der Waals surface area contributed by atoms with Crippen molar-refractivity contribution in [3.8, 4) is 11.8 Å². The number of nitrogens with one attached hydrogen (secondary N) is 1. The highest BCUT2D eigenvalue weighted by atomic mass is 32.1. The lowest BCUT2D eigenvalue weighted by atomic mass is 10.2. The molecule has 1 aromatic heterocycles. The van der Waals surface area contributed by atoms with Gasteiger partial charge in [-0.1, -0.05) is 0 Å². The van der Waals surface area contributed by atoms with Crippen LogP contribution in [0.2, 0.25) is 0 Å². The maximum atomic E-state index is 11.6. The normalized spacial score (nSPS) is 9.80. The molecule has 20 heavy (non-hydrogen) atoms. The Morgan fingerprint density at radius 2 is 2.05 bits per heavy atom. The predicted octanol–water partition coefficient (Wildman–Crippen LogP) is 2.62. The van der Waals surface area contributed by atoms with Crippen LogP contribution in [0, 0.1) is 18.3 Å². The highest BCUT2D eigenvalue weighted by Crippen LogP contribution is 2.14. The topological polar surface area (TPSA) is 62.1 Å². The van der Waals surface area contributed by atoms with Crippen molar-refractivity contribution < 1.29 is 9.53 Å². The van der Waals surface area contributed by atoms with Crippen molar-refractivity contribution in [1.82, 2.24) is 5.32 Å². The van der Waals surface area contributed by atoms with Gasteiger partial charge in [0.2, 0.25) is 0 Å². The van der Waals surface area contributed by atoms with Crippen molar-refractivity contribution >= 4 is 17.2 Å². The van der Waals surface area contributed by atoms with Gasteiger partial charge in [-0.3, -0.25) is 4.79 Å². The fourth-order valence-corrected chi connectivity index (χ4v) is 2.42. The molecule has 0 radical (unpaired) electrons. The van der Waals surface area contributed by atoms with Gasteiger partial charge in [0.05, 0.1) is 18.2 Å². The van der Waals surface area contributed by atoms with E-state index in [1.165, 1.54) is 4.88 Å². The number of thiophene rings is 1. The third-order valence-corrected chi connectivity index (χ3v) is 3.61. The molecule has 0 fully saturated rings. The molecule has 1 heterocycles. The van der Waals surface area contributed by atoms with Crippen molar-refractivity contribution in [1.29, 1.82) is 5.26 Å². The minimum absolute atomic E-state index is 0.0315. The number of amides is 1. The Hall–Kier alpha value is -2.32. The van der Waals surface area contributed by atoms with Gasteiger partial charge in [0.1, 0.15) is 5.75 Å². The second-order valence-corrected chi connectivity index (χ2v) is 5.59. The Bertz CT molecular complexity index is 626. The van der Waals surface area contributed by atoms with E-state index >= 15 is 0 Å². The number of rotatable bonds is 5.